The van der Waals surface area contributed by atoms with E-state index in [-0.39, 0.29) is 6.42 Å². The zero-order valence-electron chi connectivity index (χ0n) is 20.1. The largest absolute Gasteiger partial charge is 0.481 e. The number of carboxylic acid groups (broad SMARTS) is 2. The van der Waals surface area contributed by atoms with Gasteiger partial charge in [-0.3, -0.25) is 19.2 Å². The summed E-state index contributed by atoms with van der Waals surface area (Å²) < 4.78 is 0. The molecule has 33 heavy (non-hydrogen) atoms. The summed E-state index contributed by atoms with van der Waals surface area (Å²) in [5, 5.41) is 35.6. The second-order valence-corrected chi connectivity index (χ2v) is 9.46. The summed E-state index contributed by atoms with van der Waals surface area (Å²) in [6.45, 7) is 9.72. The number of carbonyl (C=O) groups excluding carboxylic acids is 3. The van der Waals surface area contributed by atoms with E-state index in [9.17, 15) is 29.1 Å². The number of hydrogen-bond acceptors (Lipinski definition) is 7. The Morgan fingerprint density at radius 3 is 1.91 bits per heavy atom. The number of carbonyl (C=O) groups is 5. The normalized spacial score (nSPS) is 15.3. The highest BCUT2D eigenvalue weighted by Crippen LogP contribution is 2.19. The molecule has 0 aromatic rings. The molecule has 0 spiro atoms. The van der Waals surface area contributed by atoms with E-state index in [1.165, 1.54) is 13.8 Å². The van der Waals surface area contributed by atoms with Gasteiger partial charge in [0.05, 0.1) is 12.0 Å². The molecule has 0 aliphatic heterocycles. The molecule has 0 rings (SSSR count). The molecule has 0 bridgehead atoms. The topological polar surface area (TPSA) is 208 Å². The maximum absolute atomic E-state index is 13.0. The summed E-state index contributed by atoms with van der Waals surface area (Å²) in [5.74, 6) is -5.95. The third-order valence-corrected chi connectivity index (χ3v) is 5.00. The number of rotatable bonds is 14. The lowest BCUT2D eigenvalue weighted by atomic mass is 9.89. The van der Waals surface area contributed by atoms with Crippen molar-refractivity contribution < 1.29 is 39.3 Å². The first-order valence-electron chi connectivity index (χ1n) is 10.8. The minimum absolute atomic E-state index is 0.0490. The van der Waals surface area contributed by atoms with Gasteiger partial charge in [0.25, 0.3) is 5.91 Å². The SMILES string of the molecule is CC(C)CCCC(=O)N[C@](O)(C(=O)N[C@H](C(=O)N[C@@H](CC(=O)O)C(=O)O)C(C)C)C(C)(C)N. The van der Waals surface area contributed by atoms with Crippen molar-refractivity contribution in [2.24, 2.45) is 17.6 Å². The van der Waals surface area contributed by atoms with E-state index in [1.54, 1.807) is 13.8 Å². The van der Waals surface area contributed by atoms with E-state index >= 15 is 0 Å². The molecule has 0 radical (unpaired) electrons. The van der Waals surface area contributed by atoms with Crippen LogP contribution in [0.2, 0.25) is 0 Å². The van der Waals surface area contributed by atoms with Crippen LogP contribution in [0.15, 0.2) is 0 Å². The van der Waals surface area contributed by atoms with Crippen molar-refractivity contribution >= 4 is 29.7 Å². The Morgan fingerprint density at radius 2 is 1.52 bits per heavy atom. The summed E-state index contributed by atoms with van der Waals surface area (Å²) in [5.41, 5.74) is 1.74. The first-order valence-corrected chi connectivity index (χ1v) is 10.8. The van der Waals surface area contributed by atoms with E-state index < -0.39 is 65.3 Å². The molecule has 0 heterocycles. The van der Waals surface area contributed by atoms with Gasteiger partial charge in [-0.15, -0.1) is 0 Å². The van der Waals surface area contributed by atoms with Crippen LogP contribution in [0.4, 0.5) is 0 Å². The number of aliphatic carboxylic acids is 2. The number of nitrogens with one attached hydrogen (secondary N) is 3. The fourth-order valence-electron chi connectivity index (χ4n) is 2.86. The molecule has 190 valence electrons. The highest BCUT2D eigenvalue weighted by Gasteiger charge is 2.50. The van der Waals surface area contributed by atoms with Gasteiger partial charge in [0.1, 0.15) is 12.1 Å². The molecular weight excluding hydrogens is 436 g/mol. The fraction of sp³-hybridized carbons (Fsp3) is 0.762. The Bertz CT molecular complexity index is 732. The van der Waals surface area contributed by atoms with Gasteiger partial charge in [-0.1, -0.05) is 34.1 Å². The molecule has 12 nitrogen and oxygen atoms in total. The molecule has 0 fully saturated rings. The number of aliphatic hydroxyl groups is 1. The number of carboxylic acids is 2. The highest BCUT2D eigenvalue weighted by molar-refractivity contribution is 5.96. The maximum Gasteiger partial charge on any atom is 0.326 e. The summed E-state index contributed by atoms with van der Waals surface area (Å²) >= 11 is 0. The minimum Gasteiger partial charge on any atom is -0.481 e. The summed E-state index contributed by atoms with van der Waals surface area (Å²) in [6.07, 6.45) is 0.476. The predicted molar refractivity (Wildman–Crippen MR) is 119 cm³/mol. The predicted octanol–water partition coefficient (Wildman–Crippen LogP) is -0.460. The molecule has 0 saturated heterocycles. The van der Waals surface area contributed by atoms with Crippen molar-refractivity contribution in [3.05, 3.63) is 0 Å². The molecule has 0 saturated carbocycles. The molecular formula is C21H38N4O8. The Kier molecular flexibility index (Phi) is 11.5. The molecule has 0 aliphatic rings. The molecule has 0 aromatic carbocycles. The molecule has 0 aromatic heterocycles. The van der Waals surface area contributed by atoms with Crippen LogP contribution in [-0.4, -0.2) is 68.3 Å². The lowest BCUT2D eigenvalue weighted by Gasteiger charge is -2.40. The first-order chi connectivity index (χ1) is 14.9. The highest BCUT2D eigenvalue weighted by atomic mass is 16.4. The van der Waals surface area contributed by atoms with Gasteiger partial charge < -0.3 is 37.0 Å². The van der Waals surface area contributed by atoms with Crippen molar-refractivity contribution in [1.29, 1.82) is 0 Å². The number of hydrogen-bond donors (Lipinski definition) is 7. The van der Waals surface area contributed by atoms with Crippen molar-refractivity contribution in [2.45, 2.75) is 90.6 Å². The lowest BCUT2D eigenvalue weighted by molar-refractivity contribution is -0.159. The minimum atomic E-state index is -2.58. The van der Waals surface area contributed by atoms with E-state index in [4.69, 9.17) is 15.9 Å². The van der Waals surface area contributed by atoms with Gasteiger partial charge in [-0.25, -0.2) is 4.79 Å². The Labute approximate surface area is 193 Å². The van der Waals surface area contributed by atoms with Crippen LogP contribution in [0.1, 0.15) is 67.2 Å². The summed E-state index contributed by atoms with van der Waals surface area (Å²) in [7, 11) is 0. The van der Waals surface area contributed by atoms with Crippen LogP contribution >= 0.6 is 0 Å². The van der Waals surface area contributed by atoms with E-state index in [0.29, 0.717) is 12.3 Å². The van der Waals surface area contributed by atoms with E-state index in [0.717, 1.165) is 6.42 Å². The molecule has 8 N–H and O–H groups in total. The molecule has 3 amide bonds. The van der Waals surface area contributed by atoms with Crippen LogP contribution in [0.5, 0.6) is 0 Å². The fourth-order valence-corrected chi connectivity index (χ4v) is 2.86. The Hall–Kier alpha value is -2.73. The summed E-state index contributed by atoms with van der Waals surface area (Å²) in [6, 6.07) is -3.07. The van der Waals surface area contributed by atoms with Crippen LogP contribution < -0.4 is 21.7 Å². The van der Waals surface area contributed by atoms with Crippen LogP contribution in [0.25, 0.3) is 0 Å². The maximum atomic E-state index is 13.0. The van der Waals surface area contributed by atoms with Gasteiger partial charge in [-0.2, -0.15) is 0 Å². The van der Waals surface area contributed by atoms with Crippen LogP contribution in [0, 0.1) is 11.8 Å². The zero-order valence-corrected chi connectivity index (χ0v) is 20.1. The molecule has 3 atom stereocenters. The van der Waals surface area contributed by atoms with Crippen molar-refractivity contribution in [3.63, 3.8) is 0 Å². The second-order valence-electron chi connectivity index (χ2n) is 9.46. The van der Waals surface area contributed by atoms with Gasteiger partial charge in [0.15, 0.2) is 0 Å². The van der Waals surface area contributed by atoms with Gasteiger partial charge in [0, 0.05) is 6.42 Å². The van der Waals surface area contributed by atoms with E-state index in [2.05, 4.69) is 16.0 Å². The number of nitrogens with two attached hydrogens (primary N) is 1. The molecule has 0 unspecified atom stereocenters. The lowest BCUT2D eigenvalue weighted by Crippen LogP contribution is -2.74. The molecule has 12 heteroatoms. The van der Waals surface area contributed by atoms with E-state index in [1.807, 2.05) is 13.8 Å². The third-order valence-electron chi connectivity index (χ3n) is 5.00. The van der Waals surface area contributed by atoms with Crippen molar-refractivity contribution in [2.75, 3.05) is 0 Å². The number of amides is 3. The van der Waals surface area contributed by atoms with Gasteiger partial charge in [-0.05, 0) is 32.1 Å². The van der Waals surface area contributed by atoms with Gasteiger partial charge in [0.2, 0.25) is 17.5 Å². The monoisotopic (exact) mass is 474 g/mol. The third kappa shape index (κ3) is 9.74. The van der Waals surface area contributed by atoms with Gasteiger partial charge >= 0.3 is 11.9 Å². The standard InChI is InChI=1S/C21H38N4O8/c1-11(2)8-7-9-14(26)25-21(33,20(5,6)22)19(32)24-16(12(3)4)17(29)23-13(18(30)31)10-15(27)28/h11-13,16,33H,7-10,22H2,1-6H3,(H,23,29)(H,24,32)(H,25,26)(H,27,28)(H,30,31)/t13-,16-,21-/m0/s1. The quantitative estimate of drug-likeness (QED) is 0.162. The van der Waals surface area contributed by atoms with Crippen molar-refractivity contribution in [3.8, 4) is 0 Å². The van der Waals surface area contributed by atoms with Crippen LogP contribution in [0.3, 0.4) is 0 Å². The first kappa shape index (κ1) is 30.3. The second kappa shape index (κ2) is 12.5. The smallest absolute Gasteiger partial charge is 0.326 e. The van der Waals surface area contributed by atoms with Crippen molar-refractivity contribution in [1.82, 2.24) is 16.0 Å². The zero-order chi connectivity index (χ0) is 26.1. The van der Waals surface area contributed by atoms with Crippen LogP contribution in [-0.2, 0) is 24.0 Å². The average molecular weight is 475 g/mol. The molecule has 0 aliphatic carbocycles. The Balaban J connectivity index is 5.61. The average Bonchev–Trinajstić information content (AvgIpc) is 2.62. The Morgan fingerprint density at radius 1 is 0.970 bits per heavy atom. The summed E-state index contributed by atoms with van der Waals surface area (Å²) in [4.78, 5) is 60.1.